The van der Waals surface area contributed by atoms with E-state index in [-0.39, 0.29) is 29.6 Å². The second-order valence-corrected chi connectivity index (χ2v) is 4.65. The second kappa shape index (κ2) is 5.48. The summed E-state index contributed by atoms with van der Waals surface area (Å²) in [5.74, 6) is -0.452. The van der Waals surface area contributed by atoms with E-state index in [0.717, 1.165) is 4.47 Å². The quantitative estimate of drug-likeness (QED) is 0.486. The number of hydrogen-bond donors (Lipinski definition) is 0. The Morgan fingerprint density at radius 1 is 1.38 bits per heavy atom. The molecule has 0 aliphatic carbocycles. The van der Waals surface area contributed by atoms with Crippen molar-refractivity contribution in [1.29, 1.82) is 0 Å². The largest absolute Gasteiger partial charge is 1.00 e. The van der Waals surface area contributed by atoms with Gasteiger partial charge in [0.15, 0.2) is 0 Å². The van der Waals surface area contributed by atoms with Gasteiger partial charge in [0, 0.05) is 4.47 Å². The molecule has 0 unspecified atom stereocenters. The maximum Gasteiger partial charge on any atom is 1.00 e. The van der Waals surface area contributed by atoms with E-state index < -0.39 is 15.9 Å². The summed E-state index contributed by atoms with van der Waals surface area (Å²) in [5, 5.41) is 0. The minimum Gasteiger partial charge on any atom is -0.748 e. The first-order valence-corrected chi connectivity index (χ1v) is 5.52. The monoisotopic (exact) mass is 272 g/mol. The molecule has 3 nitrogen and oxygen atoms in total. The molecule has 0 bridgehead atoms. The van der Waals surface area contributed by atoms with Gasteiger partial charge in [-0.2, -0.15) is 0 Å². The Morgan fingerprint density at radius 2 is 2.00 bits per heavy atom. The first-order chi connectivity index (χ1) is 5.47. The summed E-state index contributed by atoms with van der Waals surface area (Å²) in [6, 6.07) is 6.65. The van der Waals surface area contributed by atoms with Gasteiger partial charge in [-0.3, -0.25) is 0 Å². The van der Waals surface area contributed by atoms with Gasteiger partial charge in [0.05, 0.1) is 15.9 Å². The molecule has 1 aromatic rings. The molecule has 13 heavy (non-hydrogen) atoms. The maximum atomic E-state index is 10.3. The van der Waals surface area contributed by atoms with Gasteiger partial charge in [-0.15, -0.1) is 0 Å². The van der Waals surface area contributed by atoms with E-state index in [2.05, 4.69) is 15.9 Å². The fourth-order valence-electron chi connectivity index (χ4n) is 0.831. The standard InChI is InChI=1S/C7H7BrO3S.Na/c8-7-3-1-2-6(4-7)5-12(9,10)11;/h1-4H,5H2,(H,9,10,11);/q;+1/p-1. The maximum absolute atomic E-state index is 10.3. The molecule has 0 saturated heterocycles. The molecule has 0 saturated carbocycles. The molecule has 0 heterocycles. The minimum absolute atomic E-state index is 0. The molecule has 66 valence electrons. The zero-order valence-corrected chi connectivity index (χ0v) is 11.4. The van der Waals surface area contributed by atoms with Crippen LogP contribution < -0.4 is 29.6 Å². The summed E-state index contributed by atoms with van der Waals surface area (Å²) >= 11 is 3.17. The Kier molecular flexibility index (Phi) is 5.74. The van der Waals surface area contributed by atoms with Crippen molar-refractivity contribution < 1.29 is 42.5 Å². The average Bonchev–Trinajstić information content (AvgIpc) is 1.82. The van der Waals surface area contributed by atoms with Crippen LogP contribution >= 0.6 is 15.9 Å². The van der Waals surface area contributed by atoms with E-state index in [9.17, 15) is 13.0 Å². The molecular weight excluding hydrogens is 267 g/mol. The predicted octanol–water partition coefficient (Wildman–Crippen LogP) is -1.50. The van der Waals surface area contributed by atoms with E-state index in [1.807, 2.05) is 0 Å². The molecular formula is C7H6BrNaO3S. The van der Waals surface area contributed by atoms with Crippen LogP contribution in [0.15, 0.2) is 28.7 Å². The molecule has 0 spiro atoms. The average molecular weight is 273 g/mol. The third-order valence-electron chi connectivity index (χ3n) is 1.23. The summed E-state index contributed by atoms with van der Waals surface area (Å²) in [6.07, 6.45) is 0. The van der Waals surface area contributed by atoms with Crippen LogP contribution in [0.2, 0.25) is 0 Å². The molecule has 0 radical (unpaired) electrons. The molecule has 0 N–H and O–H groups in total. The first-order valence-electron chi connectivity index (χ1n) is 3.15. The van der Waals surface area contributed by atoms with E-state index in [4.69, 9.17) is 0 Å². The van der Waals surface area contributed by atoms with Gasteiger partial charge >= 0.3 is 29.6 Å². The first kappa shape index (κ1) is 13.6. The number of benzene rings is 1. The van der Waals surface area contributed by atoms with Crippen molar-refractivity contribution >= 4 is 26.0 Å². The molecule has 0 aromatic heterocycles. The summed E-state index contributed by atoms with van der Waals surface area (Å²) in [4.78, 5) is 0. The van der Waals surface area contributed by atoms with E-state index >= 15 is 0 Å². The Hall–Kier alpha value is 0.610. The van der Waals surface area contributed by atoms with Gasteiger partial charge in [0.1, 0.15) is 0 Å². The molecule has 1 aromatic carbocycles. The summed E-state index contributed by atoms with van der Waals surface area (Å²) in [6.45, 7) is 0. The molecule has 0 aliphatic rings. The van der Waals surface area contributed by atoms with Crippen LogP contribution in [0.1, 0.15) is 5.56 Å². The Labute approximate surface area is 108 Å². The second-order valence-electron chi connectivity index (χ2n) is 2.33. The minimum atomic E-state index is -4.16. The van der Waals surface area contributed by atoms with Crippen molar-refractivity contribution in [2.75, 3.05) is 0 Å². The SMILES string of the molecule is O=S(=O)([O-])Cc1cccc(Br)c1.[Na+]. The van der Waals surface area contributed by atoms with Crippen molar-refractivity contribution in [3.8, 4) is 0 Å². The fraction of sp³-hybridized carbons (Fsp3) is 0.143. The van der Waals surface area contributed by atoms with Crippen molar-refractivity contribution in [2.45, 2.75) is 5.75 Å². The van der Waals surface area contributed by atoms with Crippen LogP contribution in [0.3, 0.4) is 0 Å². The van der Waals surface area contributed by atoms with Crippen LogP contribution in [0.4, 0.5) is 0 Å². The van der Waals surface area contributed by atoms with Crippen LogP contribution in [0.25, 0.3) is 0 Å². The van der Waals surface area contributed by atoms with Gasteiger partial charge in [-0.25, -0.2) is 8.42 Å². The third-order valence-corrected chi connectivity index (χ3v) is 2.41. The molecule has 6 heteroatoms. The Morgan fingerprint density at radius 3 is 2.46 bits per heavy atom. The number of hydrogen-bond acceptors (Lipinski definition) is 3. The Balaban J connectivity index is 0.00000144. The van der Waals surface area contributed by atoms with Crippen LogP contribution in [-0.2, 0) is 15.9 Å². The van der Waals surface area contributed by atoms with Gasteiger partial charge in [-0.05, 0) is 17.7 Å². The van der Waals surface area contributed by atoms with Crippen molar-refractivity contribution in [2.24, 2.45) is 0 Å². The molecule has 0 aliphatic heterocycles. The number of rotatable bonds is 2. The predicted molar refractivity (Wildman–Crippen MR) is 47.5 cm³/mol. The van der Waals surface area contributed by atoms with Crippen LogP contribution in [-0.4, -0.2) is 13.0 Å². The smallest absolute Gasteiger partial charge is 0.748 e. The zero-order valence-electron chi connectivity index (χ0n) is 7.03. The zero-order chi connectivity index (χ0) is 9.19. The molecule has 0 fully saturated rings. The molecule has 0 amide bonds. The van der Waals surface area contributed by atoms with Crippen LogP contribution in [0.5, 0.6) is 0 Å². The van der Waals surface area contributed by atoms with Gasteiger partial charge in [0.25, 0.3) is 0 Å². The summed E-state index contributed by atoms with van der Waals surface area (Å²) < 4.78 is 31.8. The third kappa shape index (κ3) is 5.83. The normalized spacial score (nSPS) is 10.6. The van der Waals surface area contributed by atoms with Gasteiger partial charge in [0.2, 0.25) is 0 Å². The van der Waals surface area contributed by atoms with Gasteiger partial charge < -0.3 is 4.55 Å². The summed E-state index contributed by atoms with van der Waals surface area (Å²) in [5.41, 5.74) is 0.499. The van der Waals surface area contributed by atoms with Crippen molar-refractivity contribution in [1.82, 2.24) is 0 Å². The van der Waals surface area contributed by atoms with Crippen molar-refractivity contribution in [3.63, 3.8) is 0 Å². The topological polar surface area (TPSA) is 57.2 Å². The molecule has 0 atom stereocenters. The van der Waals surface area contributed by atoms with Gasteiger partial charge in [-0.1, -0.05) is 28.1 Å². The molecule has 1 rings (SSSR count). The van der Waals surface area contributed by atoms with E-state index in [0.29, 0.717) is 5.56 Å². The Bertz CT molecular complexity index is 377. The van der Waals surface area contributed by atoms with E-state index in [1.165, 1.54) is 0 Å². The van der Waals surface area contributed by atoms with E-state index in [1.54, 1.807) is 24.3 Å². The number of halogens is 1. The van der Waals surface area contributed by atoms with Crippen molar-refractivity contribution in [3.05, 3.63) is 34.3 Å². The fourth-order valence-corrected chi connectivity index (χ4v) is 1.87. The summed E-state index contributed by atoms with van der Waals surface area (Å²) in [7, 11) is -4.16. The van der Waals surface area contributed by atoms with Crippen LogP contribution in [0, 0.1) is 0 Å².